The van der Waals surface area contributed by atoms with Gasteiger partial charge in [0.25, 0.3) is 0 Å². The van der Waals surface area contributed by atoms with Crippen molar-refractivity contribution in [1.29, 1.82) is 0 Å². The molecule has 0 spiro atoms. The van der Waals surface area contributed by atoms with E-state index in [4.69, 9.17) is 5.11 Å². The fourth-order valence-electron chi connectivity index (χ4n) is 1.17. The molecule has 4 N–H and O–H groups in total. The minimum absolute atomic E-state index is 0.0185. The predicted octanol–water partition coefficient (Wildman–Crippen LogP) is -0.317. The van der Waals surface area contributed by atoms with Gasteiger partial charge in [0.2, 0.25) is 11.8 Å². The number of carbonyl (C=O) groups excluding carboxylic acids is 2. The molecule has 0 rings (SSSR count). The second-order valence-corrected chi connectivity index (χ2v) is 6.39. The Morgan fingerprint density at radius 3 is 2.45 bits per heavy atom. The Kier molecular flexibility index (Phi) is 11.3. The summed E-state index contributed by atoms with van der Waals surface area (Å²) in [6, 6.07) is -0.448. The van der Waals surface area contributed by atoms with E-state index in [0.29, 0.717) is 24.5 Å². The minimum Gasteiger partial charge on any atom is -0.480 e. The first-order chi connectivity index (χ1) is 9.51. The van der Waals surface area contributed by atoms with Gasteiger partial charge in [-0.05, 0) is 14.0 Å². The average molecular weight is 323 g/mol. The van der Waals surface area contributed by atoms with Gasteiger partial charge in [-0.25, -0.2) is 0 Å². The summed E-state index contributed by atoms with van der Waals surface area (Å²) >= 11 is 0. The van der Waals surface area contributed by atoms with Gasteiger partial charge in [-0.2, -0.15) is 0 Å². The standard InChI is InChI=1S/C11H21N3O4S2/c1-3-13-9(15)4-5-19-20-7-8(12-2)11(18)14-6-10(16)17/h8,12H,3-7H2,1-2H3,(H,13,15)(H,14,18)(H,16,17). The molecule has 9 heteroatoms. The Morgan fingerprint density at radius 1 is 1.20 bits per heavy atom. The second kappa shape index (κ2) is 11.9. The maximum atomic E-state index is 11.6. The largest absolute Gasteiger partial charge is 0.480 e. The number of carboxylic acid groups (broad SMARTS) is 1. The summed E-state index contributed by atoms with van der Waals surface area (Å²) in [6.07, 6.45) is 0.445. The molecule has 0 aromatic rings. The smallest absolute Gasteiger partial charge is 0.322 e. The predicted molar refractivity (Wildman–Crippen MR) is 81.7 cm³/mol. The molecular weight excluding hydrogens is 302 g/mol. The average Bonchev–Trinajstić information content (AvgIpc) is 2.40. The number of carboxylic acids is 1. The van der Waals surface area contributed by atoms with Crippen LogP contribution in [0.1, 0.15) is 13.3 Å². The van der Waals surface area contributed by atoms with Gasteiger partial charge in [-0.3, -0.25) is 14.4 Å². The van der Waals surface area contributed by atoms with Gasteiger partial charge in [0.15, 0.2) is 0 Å². The summed E-state index contributed by atoms with van der Waals surface area (Å²) in [6.45, 7) is 2.11. The Hall–Kier alpha value is -0.930. The van der Waals surface area contributed by atoms with E-state index in [1.165, 1.54) is 21.6 Å². The van der Waals surface area contributed by atoms with Crippen molar-refractivity contribution in [3.05, 3.63) is 0 Å². The van der Waals surface area contributed by atoms with E-state index in [9.17, 15) is 14.4 Å². The zero-order valence-corrected chi connectivity index (χ0v) is 13.2. The summed E-state index contributed by atoms with van der Waals surface area (Å²) in [7, 11) is 4.63. The lowest BCUT2D eigenvalue weighted by atomic mass is 10.3. The van der Waals surface area contributed by atoms with E-state index in [0.717, 1.165) is 0 Å². The first-order valence-electron chi connectivity index (χ1n) is 6.19. The minimum atomic E-state index is -1.07. The van der Waals surface area contributed by atoms with Crippen molar-refractivity contribution < 1.29 is 19.5 Å². The molecule has 0 aliphatic heterocycles. The van der Waals surface area contributed by atoms with Crippen LogP contribution in [0.5, 0.6) is 0 Å². The molecule has 116 valence electrons. The molecule has 0 fully saturated rings. The van der Waals surface area contributed by atoms with E-state index in [2.05, 4.69) is 16.0 Å². The van der Waals surface area contributed by atoms with E-state index >= 15 is 0 Å². The van der Waals surface area contributed by atoms with E-state index < -0.39 is 12.0 Å². The summed E-state index contributed by atoms with van der Waals surface area (Å²) < 4.78 is 0. The fourth-order valence-corrected chi connectivity index (χ4v) is 3.41. The molecule has 0 saturated carbocycles. The van der Waals surface area contributed by atoms with Crippen LogP contribution in [0.25, 0.3) is 0 Å². The highest BCUT2D eigenvalue weighted by Crippen LogP contribution is 2.22. The monoisotopic (exact) mass is 323 g/mol. The fraction of sp³-hybridized carbons (Fsp3) is 0.727. The molecule has 1 atom stereocenters. The van der Waals surface area contributed by atoms with Crippen LogP contribution >= 0.6 is 21.6 Å². The van der Waals surface area contributed by atoms with Crippen molar-refractivity contribution in [3.63, 3.8) is 0 Å². The van der Waals surface area contributed by atoms with Gasteiger partial charge >= 0.3 is 5.97 Å². The second-order valence-electron chi connectivity index (χ2n) is 3.76. The van der Waals surface area contributed by atoms with Crippen molar-refractivity contribution in [3.8, 4) is 0 Å². The van der Waals surface area contributed by atoms with Crippen molar-refractivity contribution in [2.75, 3.05) is 31.6 Å². The van der Waals surface area contributed by atoms with E-state index in [1.807, 2.05) is 6.92 Å². The van der Waals surface area contributed by atoms with Gasteiger partial charge in [0, 0.05) is 24.5 Å². The number of aliphatic carboxylic acids is 1. The molecule has 0 aliphatic carbocycles. The topological polar surface area (TPSA) is 108 Å². The number of rotatable bonds is 11. The number of hydrogen-bond donors (Lipinski definition) is 4. The molecule has 20 heavy (non-hydrogen) atoms. The lowest BCUT2D eigenvalue weighted by Crippen LogP contribution is -2.45. The third kappa shape index (κ3) is 9.93. The normalized spacial score (nSPS) is 11.7. The third-order valence-corrected chi connectivity index (χ3v) is 4.60. The summed E-state index contributed by atoms with van der Waals surface area (Å²) in [5.41, 5.74) is 0. The van der Waals surface area contributed by atoms with Crippen LogP contribution in [0.4, 0.5) is 0 Å². The molecule has 0 aromatic carbocycles. The van der Waals surface area contributed by atoms with E-state index in [1.54, 1.807) is 7.05 Å². The maximum Gasteiger partial charge on any atom is 0.322 e. The maximum absolute atomic E-state index is 11.6. The molecule has 0 bridgehead atoms. The molecule has 0 saturated heterocycles. The van der Waals surface area contributed by atoms with Crippen molar-refractivity contribution in [2.24, 2.45) is 0 Å². The molecule has 0 heterocycles. The van der Waals surface area contributed by atoms with Gasteiger partial charge in [0.1, 0.15) is 6.54 Å². The zero-order chi connectivity index (χ0) is 15.4. The quantitative estimate of drug-likeness (QED) is 0.305. The highest BCUT2D eigenvalue weighted by Gasteiger charge is 2.16. The Balaban J connectivity index is 3.76. The first-order valence-corrected chi connectivity index (χ1v) is 8.67. The molecule has 1 unspecified atom stereocenters. The number of likely N-dealkylation sites (N-methyl/N-ethyl adjacent to an activating group) is 1. The zero-order valence-electron chi connectivity index (χ0n) is 11.6. The molecule has 7 nitrogen and oxygen atoms in total. The summed E-state index contributed by atoms with van der Waals surface area (Å²) in [5, 5.41) is 16.3. The number of nitrogens with one attached hydrogen (secondary N) is 3. The molecule has 0 aromatic heterocycles. The highest BCUT2D eigenvalue weighted by atomic mass is 33.1. The SMILES string of the molecule is CCNC(=O)CCSSCC(NC)C(=O)NCC(=O)O. The van der Waals surface area contributed by atoms with Crippen LogP contribution in [0.3, 0.4) is 0 Å². The molecular formula is C11H21N3O4S2. The summed E-state index contributed by atoms with van der Waals surface area (Å²) in [5.74, 6) is -0.222. The van der Waals surface area contributed by atoms with Gasteiger partial charge in [-0.1, -0.05) is 21.6 Å². The number of carbonyl (C=O) groups is 3. The Morgan fingerprint density at radius 2 is 1.90 bits per heavy atom. The van der Waals surface area contributed by atoms with Gasteiger partial charge in [-0.15, -0.1) is 0 Å². The van der Waals surface area contributed by atoms with E-state index in [-0.39, 0.29) is 18.4 Å². The van der Waals surface area contributed by atoms with Crippen molar-refractivity contribution in [1.82, 2.24) is 16.0 Å². The molecule has 0 aliphatic rings. The van der Waals surface area contributed by atoms with Crippen LogP contribution in [0, 0.1) is 0 Å². The Bertz CT molecular complexity index is 329. The van der Waals surface area contributed by atoms with Crippen molar-refractivity contribution in [2.45, 2.75) is 19.4 Å². The third-order valence-electron chi connectivity index (χ3n) is 2.18. The first kappa shape index (κ1) is 19.1. The summed E-state index contributed by atoms with van der Waals surface area (Å²) in [4.78, 5) is 33.1. The number of hydrogen-bond acceptors (Lipinski definition) is 6. The lowest BCUT2D eigenvalue weighted by Gasteiger charge is -2.14. The Labute approximate surface area is 126 Å². The van der Waals surface area contributed by atoms with Gasteiger partial charge < -0.3 is 21.1 Å². The van der Waals surface area contributed by atoms with Crippen molar-refractivity contribution >= 4 is 39.4 Å². The van der Waals surface area contributed by atoms with Crippen LogP contribution in [-0.4, -0.2) is 60.6 Å². The van der Waals surface area contributed by atoms with Crippen LogP contribution in [0.2, 0.25) is 0 Å². The molecule has 2 amide bonds. The van der Waals surface area contributed by atoms with Gasteiger partial charge in [0.05, 0.1) is 6.04 Å². The lowest BCUT2D eigenvalue weighted by molar-refractivity contribution is -0.138. The van der Waals surface area contributed by atoms with Crippen LogP contribution in [-0.2, 0) is 14.4 Å². The highest BCUT2D eigenvalue weighted by molar-refractivity contribution is 8.76. The number of amides is 2. The van der Waals surface area contributed by atoms with Crippen LogP contribution < -0.4 is 16.0 Å². The molecule has 0 radical (unpaired) electrons. The van der Waals surface area contributed by atoms with Crippen LogP contribution in [0.15, 0.2) is 0 Å².